The second-order valence-electron chi connectivity index (χ2n) is 3.57. The Kier molecular flexibility index (Phi) is 3.26. The van der Waals surface area contributed by atoms with E-state index in [-0.39, 0.29) is 5.69 Å². The number of carbonyl (C=O) groups is 1. The van der Waals surface area contributed by atoms with Crippen molar-refractivity contribution in [2.24, 2.45) is 7.05 Å². The number of hydrogen-bond donors (Lipinski definition) is 1. The number of carboxylic acid groups (broad SMARTS) is 1. The SMILES string of the molecule is Cn1c(C(=O)O)ccc1-c1cccc(Cl)c1Br. The molecule has 2 aromatic rings. The number of hydrogen-bond acceptors (Lipinski definition) is 1. The van der Waals surface area contributed by atoms with Gasteiger partial charge in [0.15, 0.2) is 0 Å². The van der Waals surface area contributed by atoms with E-state index in [1.165, 1.54) is 0 Å². The average Bonchev–Trinajstić information content (AvgIpc) is 2.64. The highest BCUT2D eigenvalue weighted by Gasteiger charge is 2.14. The lowest BCUT2D eigenvalue weighted by molar-refractivity contribution is 0.0687. The van der Waals surface area contributed by atoms with E-state index in [0.29, 0.717) is 5.02 Å². The molecule has 0 saturated carbocycles. The van der Waals surface area contributed by atoms with Gasteiger partial charge in [-0.05, 0) is 34.1 Å². The lowest BCUT2D eigenvalue weighted by atomic mass is 10.1. The molecular formula is C12H9BrClNO2. The van der Waals surface area contributed by atoms with Crippen molar-refractivity contribution < 1.29 is 9.90 Å². The van der Waals surface area contributed by atoms with Crippen LogP contribution in [0.1, 0.15) is 10.5 Å². The van der Waals surface area contributed by atoms with Gasteiger partial charge in [-0.1, -0.05) is 23.7 Å². The van der Waals surface area contributed by atoms with Gasteiger partial charge in [-0.25, -0.2) is 4.79 Å². The summed E-state index contributed by atoms with van der Waals surface area (Å²) in [7, 11) is 1.71. The summed E-state index contributed by atoms with van der Waals surface area (Å²) in [4.78, 5) is 11.0. The Morgan fingerprint density at radius 1 is 1.35 bits per heavy atom. The Balaban J connectivity index is 2.62. The summed E-state index contributed by atoms with van der Waals surface area (Å²) in [5.74, 6) is -0.947. The monoisotopic (exact) mass is 313 g/mol. The maximum Gasteiger partial charge on any atom is 0.352 e. The third kappa shape index (κ3) is 2.10. The topological polar surface area (TPSA) is 42.2 Å². The molecule has 5 heteroatoms. The Morgan fingerprint density at radius 3 is 2.65 bits per heavy atom. The zero-order valence-electron chi connectivity index (χ0n) is 8.95. The smallest absolute Gasteiger partial charge is 0.352 e. The van der Waals surface area contributed by atoms with Gasteiger partial charge in [0.05, 0.1) is 5.02 Å². The number of aromatic nitrogens is 1. The van der Waals surface area contributed by atoms with Gasteiger partial charge in [-0.3, -0.25) is 0 Å². The molecule has 0 spiro atoms. The van der Waals surface area contributed by atoms with E-state index in [4.69, 9.17) is 16.7 Å². The average molecular weight is 315 g/mol. The van der Waals surface area contributed by atoms with Crippen LogP contribution in [0.4, 0.5) is 0 Å². The van der Waals surface area contributed by atoms with Crippen molar-refractivity contribution in [1.82, 2.24) is 4.57 Å². The Hall–Kier alpha value is -1.26. The highest BCUT2D eigenvalue weighted by molar-refractivity contribution is 9.10. The third-order valence-corrected chi connectivity index (χ3v) is 3.97. The van der Waals surface area contributed by atoms with Crippen LogP contribution in [0.2, 0.25) is 5.02 Å². The molecule has 0 aliphatic carbocycles. The Labute approximate surface area is 112 Å². The van der Waals surface area contributed by atoms with Crippen LogP contribution in [0, 0.1) is 0 Å². The second kappa shape index (κ2) is 4.55. The molecule has 0 fully saturated rings. The summed E-state index contributed by atoms with van der Waals surface area (Å²) < 4.78 is 2.39. The fourth-order valence-corrected chi connectivity index (χ4v) is 2.34. The van der Waals surface area contributed by atoms with Crippen molar-refractivity contribution >= 4 is 33.5 Å². The predicted molar refractivity (Wildman–Crippen MR) is 70.5 cm³/mol. The molecule has 0 aliphatic heterocycles. The van der Waals surface area contributed by atoms with E-state index < -0.39 is 5.97 Å². The van der Waals surface area contributed by atoms with Crippen LogP contribution in [0.3, 0.4) is 0 Å². The van der Waals surface area contributed by atoms with E-state index in [1.807, 2.05) is 12.1 Å². The van der Waals surface area contributed by atoms with E-state index in [1.54, 1.807) is 29.8 Å². The molecule has 0 bridgehead atoms. The predicted octanol–water partition coefficient (Wildman–Crippen LogP) is 3.81. The first-order chi connectivity index (χ1) is 8.02. The van der Waals surface area contributed by atoms with Crippen LogP contribution in [0.5, 0.6) is 0 Å². The van der Waals surface area contributed by atoms with Gasteiger partial charge >= 0.3 is 5.97 Å². The molecule has 1 N–H and O–H groups in total. The van der Waals surface area contributed by atoms with Gasteiger partial charge < -0.3 is 9.67 Å². The normalized spacial score (nSPS) is 10.5. The highest BCUT2D eigenvalue weighted by Crippen LogP contribution is 2.34. The summed E-state index contributed by atoms with van der Waals surface area (Å²) in [5.41, 5.74) is 1.91. The van der Waals surface area contributed by atoms with Crippen molar-refractivity contribution in [2.75, 3.05) is 0 Å². The molecule has 0 atom stereocenters. The maximum absolute atomic E-state index is 11.0. The molecule has 17 heavy (non-hydrogen) atoms. The van der Waals surface area contributed by atoms with Gasteiger partial charge in [-0.2, -0.15) is 0 Å². The third-order valence-electron chi connectivity index (χ3n) is 2.57. The standard InChI is InChI=1S/C12H9BrClNO2/c1-15-9(5-6-10(15)12(16)17)7-3-2-4-8(14)11(7)13/h2-6H,1H3,(H,16,17). The molecule has 0 radical (unpaired) electrons. The van der Waals surface area contributed by atoms with Crippen LogP contribution in [0.15, 0.2) is 34.8 Å². The van der Waals surface area contributed by atoms with Crippen LogP contribution in [-0.4, -0.2) is 15.6 Å². The van der Waals surface area contributed by atoms with Crippen LogP contribution in [-0.2, 0) is 7.05 Å². The van der Waals surface area contributed by atoms with E-state index >= 15 is 0 Å². The summed E-state index contributed by atoms with van der Waals surface area (Å²) in [6.07, 6.45) is 0. The summed E-state index contributed by atoms with van der Waals surface area (Å²) in [6, 6.07) is 8.83. The van der Waals surface area contributed by atoms with Gasteiger partial charge in [0.1, 0.15) is 5.69 Å². The van der Waals surface area contributed by atoms with Crippen molar-refractivity contribution in [3.05, 3.63) is 45.5 Å². The number of benzene rings is 1. The van der Waals surface area contributed by atoms with Gasteiger partial charge in [0, 0.05) is 22.8 Å². The van der Waals surface area contributed by atoms with Crippen molar-refractivity contribution in [1.29, 1.82) is 0 Å². The summed E-state index contributed by atoms with van der Waals surface area (Å²) >= 11 is 9.42. The first-order valence-electron chi connectivity index (χ1n) is 4.85. The van der Waals surface area contributed by atoms with Crippen molar-refractivity contribution in [3.8, 4) is 11.3 Å². The molecule has 0 unspecified atom stereocenters. The first-order valence-corrected chi connectivity index (χ1v) is 6.03. The van der Waals surface area contributed by atoms with Crippen LogP contribution in [0.25, 0.3) is 11.3 Å². The summed E-state index contributed by atoms with van der Waals surface area (Å²) in [6.45, 7) is 0. The van der Waals surface area contributed by atoms with E-state index in [0.717, 1.165) is 15.7 Å². The van der Waals surface area contributed by atoms with Crippen molar-refractivity contribution in [3.63, 3.8) is 0 Å². The van der Waals surface area contributed by atoms with Crippen LogP contribution >= 0.6 is 27.5 Å². The number of aromatic carboxylic acids is 1. The summed E-state index contributed by atoms with van der Waals surface area (Å²) in [5, 5.41) is 9.59. The number of halogens is 2. The largest absolute Gasteiger partial charge is 0.477 e. The highest BCUT2D eigenvalue weighted by atomic mass is 79.9. The van der Waals surface area contributed by atoms with Crippen molar-refractivity contribution in [2.45, 2.75) is 0 Å². The second-order valence-corrected chi connectivity index (χ2v) is 4.77. The minimum Gasteiger partial charge on any atom is -0.477 e. The minimum atomic E-state index is -0.947. The number of nitrogens with zero attached hydrogens (tertiary/aromatic N) is 1. The Bertz CT molecular complexity index is 592. The van der Waals surface area contributed by atoms with Gasteiger partial charge in [0.25, 0.3) is 0 Å². The molecular weight excluding hydrogens is 305 g/mol. The molecule has 0 aliphatic rings. The molecule has 2 rings (SSSR count). The fraction of sp³-hybridized carbons (Fsp3) is 0.0833. The van der Waals surface area contributed by atoms with Gasteiger partial charge in [-0.15, -0.1) is 0 Å². The maximum atomic E-state index is 11.0. The fourth-order valence-electron chi connectivity index (χ4n) is 1.70. The zero-order valence-corrected chi connectivity index (χ0v) is 11.3. The lowest BCUT2D eigenvalue weighted by Crippen LogP contribution is -2.05. The Morgan fingerprint density at radius 2 is 2.06 bits per heavy atom. The van der Waals surface area contributed by atoms with E-state index in [9.17, 15) is 4.79 Å². The molecule has 0 amide bonds. The van der Waals surface area contributed by atoms with Crippen LogP contribution < -0.4 is 0 Å². The van der Waals surface area contributed by atoms with E-state index in [2.05, 4.69) is 15.9 Å². The molecule has 3 nitrogen and oxygen atoms in total. The minimum absolute atomic E-state index is 0.242. The number of carboxylic acids is 1. The molecule has 1 aromatic carbocycles. The first kappa shape index (κ1) is 12.2. The zero-order chi connectivity index (χ0) is 12.6. The van der Waals surface area contributed by atoms with Gasteiger partial charge in [0.2, 0.25) is 0 Å². The lowest BCUT2D eigenvalue weighted by Gasteiger charge is -2.08. The molecule has 88 valence electrons. The molecule has 0 saturated heterocycles. The number of rotatable bonds is 2. The quantitative estimate of drug-likeness (QED) is 0.916. The molecule has 1 heterocycles. The molecule has 1 aromatic heterocycles.